The van der Waals surface area contributed by atoms with Gasteiger partial charge in [-0.15, -0.1) is 0 Å². The van der Waals surface area contributed by atoms with Gasteiger partial charge >= 0.3 is 0 Å². The van der Waals surface area contributed by atoms with Gasteiger partial charge in [-0.3, -0.25) is 0 Å². The first-order valence-corrected chi connectivity index (χ1v) is 4.26. The summed E-state index contributed by atoms with van der Waals surface area (Å²) in [5.74, 6) is 0. The Labute approximate surface area is 64.0 Å². The van der Waals surface area contributed by atoms with Crippen LogP contribution in [0, 0.1) is 0 Å². The van der Waals surface area contributed by atoms with Gasteiger partial charge in [-0.25, -0.2) is 0 Å². The van der Waals surface area contributed by atoms with Crippen LogP contribution in [0.3, 0.4) is 0 Å². The van der Waals surface area contributed by atoms with Crippen LogP contribution in [0.5, 0.6) is 0 Å². The van der Waals surface area contributed by atoms with Crippen molar-refractivity contribution in [3.05, 3.63) is 0 Å². The summed E-state index contributed by atoms with van der Waals surface area (Å²) in [4.78, 5) is 0. The third-order valence-corrected chi connectivity index (χ3v) is 1.46. The second kappa shape index (κ2) is 7.03. The quantitative estimate of drug-likeness (QED) is 0.602. The van der Waals surface area contributed by atoms with Crippen LogP contribution in [-0.2, 0) is 4.74 Å². The highest BCUT2D eigenvalue weighted by Crippen LogP contribution is 1.98. The van der Waals surface area contributed by atoms with Crippen molar-refractivity contribution in [2.75, 3.05) is 19.7 Å². The molecular formula is C8H19NO. The zero-order valence-corrected chi connectivity index (χ0v) is 7.31. The molecule has 2 nitrogen and oxygen atoms in total. The molecule has 0 aromatic heterocycles. The van der Waals surface area contributed by atoms with Crippen LogP contribution in [0.25, 0.3) is 0 Å². The Morgan fingerprint density at radius 3 is 2.50 bits per heavy atom. The molecule has 0 amide bonds. The molecule has 0 spiro atoms. The van der Waals surface area contributed by atoms with Crippen molar-refractivity contribution < 1.29 is 4.74 Å². The zero-order chi connectivity index (χ0) is 7.82. The van der Waals surface area contributed by atoms with E-state index >= 15 is 0 Å². The van der Waals surface area contributed by atoms with Gasteiger partial charge in [-0.1, -0.05) is 20.8 Å². The summed E-state index contributed by atoms with van der Waals surface area (Å²) in [6.07, 6.45) is 1.61. The second-order valence-corrected chi connectivity index (χ2v) is 2.11. The Balaban J connectivity index is 0.000000371. The lowest BCUT2D eigenvalue weighted by Gasteiger charge is -2.21. The van der Waals surface area contributed by atoms with E-state index in [-0.39, 0.29) is 0 Å². The number of morpholine rings is 1. The van der Waals surface area contributed by atoms with Gasteiger partial charge in [0.15, 0.2) is 0 Å². The Morgan fingerprint density at radius 2 is 2.20 bits per heavy atom. The standard InChI is InChI=1S/C6H13NO.C2H6/c1-2-6-5-7-3-4-8-6;1-2/h6-7H,2-5H2,1H3;1-2H3. The fraction of sp³-hybridized carbons (Fsp3) is 1.00. The lowest BCUT2D eigenvalue weighted by atomic mass is 10.2. The highest BCUT2D eigenvalue weighted by Gasteiger charge is 2.08. The molecule has 62 valence electrons. The Morgan fingerprint density at radius 1 is 1.50 bits per heavy atom. The topological polar surface area (TPSA) is 21.3 Å². The predicted octanol–water partition coefficient (Wildman–Crippen LogP) is 1.41. The van der Waals surface area contributed by atoms with Crippen LogP contribution in [0.1, 0.15) is 27.2 Å². The maximum absolute atomic E-state index is 5.36. The van der Waals surface area contributed by atoms with Gasteiger partial charge in [-0.2, -0.15) is 0 Å². The molecule has 1 unspecified atom stereocenters. The van der Waals surface area contributed by atoms with Crippen molar-refractivity contribution in [3.63, 3.8) is 0 Å². The van der Waals surface area contributed by atoms with Crippen molar-refractivity contribution in [2.24, 2.45) is 0 Å². The molecular weight excluding hydrogens is 126 g/mol. The van der Waals surface area contributed by atoms with E-state index in [1.807, 2.05) is 13.8 Å². The molecule has 0 aromatic carbocycles. The molecule has 1 rings (SSSR count). The highest BCUT2D eigenvalue weighted by molar-refractivity contribution is 4.63. The van der Waals surface area contributed by atoms with Crippen molar-refractivity contribution in [2.45, 2.75) is 33.3 Å². The van der Waals surface area contributed by atoms with Crippen molar-refractivity contribution in [1.29, 1.82) is 0 Å². The van der Waals surface area contributed by atoms with E-state index in [9.17, 15) is 0 Å². The van der Waals surface area contributed by atoms with E-state index in [4.69, 9.17) is 4.74 Å². The number of rotatable bonds is 1. The lowest BCUT2D eigenvalue weighted by Crippen LogP contribution is -2.37. The first-order chi connectivity index (χ1) is 4.93. The van der Waals surface area contributed by atoms with Crippen molar-refractivity contribution >= 4 is 0 Å². The summed E-state index contributed by atoms with van der Waals surface area (Å²) >= 11 is 0. The van der Waals surface area contributed by atoms with Gasteiger partial charge in [0.25, 0.3) is 0 Å². The third-order valence-electron chi connectivity index (χ3n) is 1.46. The SMILES string of the molecule is CC.CCC1CNCCO1. The zero-order valence-electron chi connectivity index (χ0n) is 7.31. The lowest BCUT2D eigenvalue weighted by molar-refractivity contribution is 0.0267. The smallest absolute Gasteiger partial charge is 0.0697 e. The van der Waals surface area contributed by atoms with Crippen LogP contribution in [0.4, 0.5) is 0 Å². The molecule has 1 heterocycles. The van der Waals surface area contributed by atoms with Crippen LogP contribution >= 0.6 is 0 Å². The van der Waals surface area contributed by atoms with Crippen molar-refractivity contribution in [3.8, 4) is 0 Å². The van der Waals surface area contributed by atoms with E-state index in [1.54, 1.807) is 0 Å². The first kappa shape index (κ1) is 9.92. The van der Waals surface area contributed by atoms with E-state index in [0.717, 1.165) is 26.1 Å². The average molecular weight is 145 g/mol. The number of hydrogen-bond acceptors (Lipinski definition) is 2. The molecule has 2 heteroatoms. The molecule has 1 fully saturated rings. The highest BCUT2D eigenvalue weighted by atomic mass is 16.5. The largest absolute Gasteiger partial charge is 0.376 e. The molecule has 0 aliphatic carbocycles. The minimum absolute atomic E-state index is 0.476. The monoisotopic (exact) mass is 145 g/mol. The Kier molecular flexibility index (Phi) is 6.98. The van der Waals surface area contributed by atoms with E-state index in [1.165, 1.54) is 0 Å². The van der Waals surface area contributed by atoms with Crippen LogP contribution < -0.4 is 5.32 Å². The van der Waals surface area contributed by atoms with Gasteiger partial charge < -0.3 is 10.1 Å². The minimum atomic E-state index is 0.476. The maximum Gasteiger partial charge on any atom is 0.0697 e. The molecule has 0 aromatic rings. The van der Waals surface area contributed by atoms with Crippen molar-refractivity contribution in [1.82, 2.24) is 5.32 Å². The Bertz CT molecular complexity index is 60.3. The maximum atomic E-state index is 5.36. The summed E-state index contributed by atoms with van der Waals surface area (Å²) < 4.78 is 5.36. The fourth-order valence-electron chi connectivity index (χ4n) is 0.882. The molecule has 1 atom stereocenters. The molecule has 0 saturated carbocycles. The molecule has 1 N–H and O–H groups in total. The number of nitrogens with one attached hydrogen (secondary N) is 1. The van der Waals surface area contributed by atoms with Crippen LogP contribution in [0.2, 0.25) is 0 Å². The minimum Gasteiger partial charge on any atom is -0.376 e. The molecule has 0 bridgehead atoms. The van der Waals surface area contributed by atoms with Gasteiger partial charge in [0, 0.05) is 13.1 Å². The van der Waals surface area contributed by atoms with Gasteiger partial charge in [0.05, 0.1) is 12.7 Å². The predicted molar refractivity (Wildman–Crippen MR) is 44.2 cm³/mol. The van der Waals surface area contributed by atoms with E-state index in [2.05, 4.69) is 12.2 Å². The summed E-state index contributed by atoms with van der Waals surface area (Å²) in [7, 11) is 0. The van der Waals surface area contributed by atoms with Gasteiger partial charge in [0.2, 0.25) is 0 Å². The number of ether oxygens (including phenoxy) is 1. The van der Waals surface area contributed by atoms with Crippen LogP contribution in [-0.4, -0.2) is 25.8 Å². The summed E-state index contributed by atoms with van der Waals surface area (Å²) in [5, 5.41) is 3.26. The van der Waals surface area contributed by atoms with Gasteiger partial charge in [0.1, 0.15) is 0 Å². The fourth-order valence-corrected chi connectivity index (χ4v) is 0.882. The average Bonchev–Trinajstić information content (AvgIpc) is 2.10. The van der Waals surface area contributed by atoms with Crippen LogP contribution in [0.15, 0.2) is 0 Å². The second-order valence-electron chi connectivity index (χ2n) is 2.11. The molecule has 10 heavy (non-hydrogen) atoms. The molecule has 0 radical (unpaired) electrons. The number of hydrogen-bond donors (Lipinski definition) is 1. The molecule has 1 aliphatic heterocycles. The van der Waals surface area contributed by atoms with Gasteiger partial charge in [-0.05, 0) is 6.42 Å². The molecule has 1 aliphatic rings. The Hall–Kier alpha value is -0.0800. The van der Waals surface area contributed by atoms with E-state index in [0.29, 0.717) is 6.10 Å². The van der Waals surface area contributed by atoms with E-state index < -0.39 is 0 Å². The normalized spacial score (nSPS) is 24.9. The third kappa shape index (κ3) is 3.85. The summed E-state index contributed by atoms with van der Waals surface area (Å²) in [6.45, 7) is 9.10. The summed E-state index contributed by atoms with van der Waals surface area (Å²) in [5.41, 5.74) is 0. The molecule has 1 saturated heterocycles. The first-order valence-electron chi connectivity index (χ1n) is 4.26. The summed E-state index contributed by atoms with van der Waals surface area (Å²) in [6, 6.07) is 0.